The molecule has 1 heterocycles. The Hall–Kier alpha value is -2.28. The Morgan fingerprint density at radius 1 is 1.16 bits per heavy atom. The van der Waals surface area contributed by atoms with E-state index in [-0.39, 0.29) is 18.4 Å². The van der Waals surface area contributed by atoms with E-state index in [4.69, 9.17) is 4.98 Å². The molecule has 0 saturated heterocycles. The largest absolute Gasteiger partial charge is 0.333 e. The van der Waals surface area contributed by atoms with Gasteiger partial charge >= 0.3 is 0 Å². The number of benzene rings is 1. The van der Waals surface area contributed by atoms with Gasteiger partial charge in [0.2, 0.25) is 11.8 Å². The number of imidazole rings is 1. The Morgan fingerprint density at radius 2 is 1.88 bits per heavy atom. The molecule has 1 aliphatic rings. The molecule has 0 spiro atoms. The topological polar surface area (TPSA) is 67.2 Å². The zero-order valence-electron chi connectivity index (χ0n) is 19.8. The molecule has 1 aromatic heterocycles. The highest BCUT2D eigenvalue weighted by molar-refractivity contribution is 7.99. The lowest BCUT2D eigenvalue weighted by atomic mass is 9.95. The standard InChI is InChI=1S/C25H36N4O2S/c1-5-15-28(16-23(30)27-22-14-10-9-11-18(22)2)24(31)17-32-25-26-19(3)20(4)29(25)21-12-7-6-8-13-21/h9-11,14,21H,5-8,12-13,15-17H2,1-4H3,(H,27,30). The summed E-state index contributed by atoms with van der Waals surface area (Å²) in [5, 5.41) is 3.87. The summed E-state index contributed by atoms with van der Waals surface area (Å²) in [6, 6.07) is 8.15. The number of nitrogens with zero attached hydrogens (tertiary/aromatic N) is 3. The molecule has 174 valence electrons. The monoisotopic (exact) mass is 456 g/mol. The highest BCUT2D eigenvalue weighted by atomic mass is 32.2. The maximum absolute atomic E-state index is 13.0. The van der Waals surface area contributed by atoms with Gasteiger partial charge in [-0.3, -0.25) is 9.59 Å². The van der Waals surface area contributed by atoms with Gasteiger partial charge in [-0.15, -0.1) is 0 Å². The number of hydrogen-bond donors (Lipinski definition) is 1. The second-order valence-electron chi connectivity index (χ2n) is 8.69. The van der Waals surface area contributed by atoms with Crippen LogP contribution in [0.1, 0.15) is 68.4 Å². The van der Waals surface area contributed by atoms with Gasteiger partial charge in [-0.25, -0.2) is 4.98 Å². The Balaban J connectivity index is 1.63. The van der Waals surface area contributed by atoms with Crippen molar-refractivity contribution in [3.8, 4) is 0 Å². The van der Waals surface area contributed by atoms with Crippen molar-refractivity contribution in [1.29, 1.82) is 0 Å². The van der Waals surface area contributed by atoms with Crippen molar-refractivity contribution in [2.24, 2.45) is 0 Å². The molecule has 3 rings (SSSR count). The van der Waals surface area contributed by atoms with E-state index in [1.807, 2.05) is 45.0 Å². The summed E-state index contributed by atoms with van der Waals surface area (Å²) < 4.78 is 2.35. The van der Waals surface area contributed by atoms with Crippen LogP contribution in [-0.4, -0.2) is 45.1 Å². The fraction of sp³-hybridized carbons (Fsp3) is 0.560. The molecule has 0 bridgehead atoms. The van der Waals surface area contributed by atoms with E-state index in [9.17, 15) is 9.59 Å². The molecule has 0 aliphatic heterocycles. The molecule has 2 aromatic rings. The van der Waals surface area contributed by atoms with E-state index >= 15 is 0 Å². The van der Waals surface area contributed by atoms with Crippen LogP contribution < -0.4 is 5.32 Å². The van der Waals surface area contributed by atoms with Crippen LogP contribution in [0.4, 0.5) is 5.69 Å². The number of carbonyl (C=O) groups excluding carboxylic acids is 2. The van der Waals surface area contributed by atoms with Crippen molar-refractivity contribution in [3.05, 3.63) is 41.2 Å². The van der Waals surface area contributed by atoms with E-state index in [0.29, 0.717) is 18.3 Å². The molecule has 1 saturated carbocycles. The summed E-state index contributed by atoms with van der Waals surface area (Å²) in [6.45, 7) is 8.78. The molecule has 1 aliphatic carbocycles. The summed E-state index contributed by atoms with van der Waals surface area (Å²) in [5.74, 6) is 0.104. The summed E-state index contributed by atoms with van der Waals surface area (Å²) in [4.78, 5) is 32.1. The molecule has 1 N–H and O–H groups in total. The first-order valence-corrected chi connectivity index (χ1v) is 12.7. The van der Waals surface area contributed by atoms with Crippen LogP contribution >= 0.6 is 11.8 Å². The predicted molar refractivity (Wildman–Crippen MR) is 131 cm³/mol. The van der Waals surface area contributed by atoms with E-state index < -0.39 is 0 Å². The predicted octanol–water partition coefficient (Wildman–Crippen LogP) is 5.28. The van der Waals surface area contributed by atoms with Crippen LogP contribution in [0.15, 0.2) is 29.4 Å². The van der Waals surface area contributed by atoms with Gasteiger partial charge in [0, 0.05) is 24.0 Å². The second kappa shape index (κ2) is 11.5. The van der Waals surface area contributed by atoms with Gasteiger partial charge in [-0.05, 0) is 51.7 Å². The molecule has 6 nitrogen and oxygen atoms in total. The van der Waals surface area contributed by atoms with Gasteiger partial charge in [0.1, 0.15) is 0 Å². The Kier molecular flexibility index (Phi) is 8.79. The maximum atomic E-state index is 13.0. The molecular weight excluding hydrogens is 420 g/mol. The SMILES string of the molecule is CCCN(CC(=O)Nc1ccccc1C)C(=O)CSc1nc(C)c(C)n1C1CCCCC1. The zero-order chi connectivity index (χ0) is 23.1. The number of para-hydroxylation sites is 1. The molecule has 1 fully saturated rings. The zero-order valence-corrected chi connectivity index (χ0v) is 20.6. The quantitative estimate of drug-likeness (QED) is 0.521. The second-order valence-corrected chi connectivity index (χ2v) is 9.64. The number of rotatable bonds is 9. The van der Waals surface area contributed by atoms with E-state index in [0.717, 1.165) is 28.5 Å². The Morgan fingerprint density at radius 3 is 2.56 bits per heavy atom. The summed E-state index contributed by atoms with van der Waals surface area (Å²) in [5.41, 5.74) is 4.03. The number of amides is 2. The highest BCUT2D eigenvalue weighted by Crippen LogP contribution is 2.34. The lowest BCUT2D eigenvalue weighted by molar-refractivity contribution is -0.132. The van der Waals surface area contributed by atoms with Crippen molar-refractivity contribution in [1.82, 2.24) is 14.5 Å². The third kappa shape index (κ3) is 6.15. The molecule has 0 radical (unpaired) electrons. The first-order valence-electron chi connectivity index (χ1n) is 11.7. The molecule has 0 atom stereocenters. The van der Waals surface area contributed by atoms with Crippen LogP contribution in [0.25, 0.3) is 0 Å². The number of hydrogen-bond acceptors (Lipinski definition) is 4. The molecule has 7 heteroatoms. The number of anilines is 1. The molecule has 2 amide bonds. The number of aromatic nitrogens is 2. The van der Waals surface area contributed by atoms with Gasteiger partial charge in [0.25, 0.3) is 0 Å². The molecule has 1 aromatic carbocycles. The van der Waals surface area contributed by atoms with Gasteiger partial charge in [0.05, 0.1) is 18.0 Å². The Labute approximate surface area is 196 Å². The third-order valence-corrected chi connectivity index (χ3v) is 7.16. The number of aryl methyl sites for hydroxylation is 2. The maximum Gasteiger partial charge on any atom is 0.244 e. The van der Waals surface area contributed by atoms with Gasteiger partial charge < -0.3 is 14.8 Å². The average molecular weight is 457 g/mol. The molecule has 0 unspecified atom stereocenters. The van der Waals surface area contributed by atoms with Gasteiger partial charge in [0.15, 0.2) is 5.16 Å². The fourth-order valence-corrected chi connectivity index (χ4v) is 5.38. The third-order valence-electron chi connectivity index (χ3n) is 6.22. The van der Waals surface area contributed by atoms with E-state index in [1.54, 1.807) is 4.90 Å². The van der Waals surface area contributed by atoms with Crippen LogP contribution in [0.2, 0.25) is 0 Å². The summed E-state index contributed by atoms with van der Waals surface area (Å²) in [7, 11) is 0. The normalized spacial score (nSPS) is 14.4. The minimum atomic E-state index is -0.165. The van der Waals surface area contributed by atoms with Crippen molar-refractivity contribution in [2.75, 3.05) is 24.2 Å². The molecule has 32 heavy (non-hydrogen) atoms. The number of carbonyl (C=O) groups is 2. The van der Waals surface area contributed by atoms with E-state index in [1.165, 1.54) is 49.6 Å². The van der Waals surface area contributed by atoms with Crippen LogP contribution in [-0.2, 0) is 9.59 Å². The average Bonchev–Trinajstić information content (AvgIpc) is 3.07. The lowest BCUT2D eigenvalue weighted by Gasteiger charge is -2.26. The van der Waals surface area contributed by atoms with Crippen LogP contribution in [0, 0.1) is 20.8 Å². The number of nitrogens with one attached hydrogen (secondary N) is 1. The fourth-order valence-electron chi connectivity index (χ4n) is 4.32. The first-order chi connectivity index (χ1) is 15.4. The van der Waals surface area contributed by atoms with E-state index in [2.05, 4.69) is 16.8 Å². The van der Waals surface area contributed by atoms with Crippen LogP contribution in [0.5, 0.6) is 0 Å². The van der Waals surface area contributed by atoms with Crippen molar-refractivity contribution >= 4 is 29.3 Å². The smallest absolute Gasteiger partial charge is 0.244 e. The summed E-state index contributed by atoms with van der Waals surface area (Å²) in [6.07, 6.45) is 6.98. The minimum absolute atomic E-state index is 0.0229. The van der Waals surface area contributed by atoms with Crippen molar-refractivity contribution in [3.63, 3.8) is 0 Å². The van der Waals surface area contributed by atoms with Gasteiger partial charge in [-0.2, -0.15) is 0 Å². The van der Waals surface area contributed by atoms with Crippen molar-refractivity contribution < 1.29 is 9.59 Å². The van der Waals surface area contributed by atoms with Gasteiger partial charge in [-0.1, -0.05) is 56.1 Å². The molecular formula is C25H36N4O2S. The minimum Gasteiger partial charge on any atom is -0.333 e. The highest BCUT2D eigenvalue weighted by Gasteiger charge is 2.24. The lowest BCUT2D eigenvalue weighted by Crippen LogP contribution is -2.39. The summed E-state index contributed by atoms with van der Waals surface area (Å²) >= 11 is 1.50. The van der Waals surface area contributed by atoms with Crippen molar-refractivity contribution in [2.45, 2.75) is 77.4 Å². The number of thioether (sulfide) groups is 1. The van der Waals surface area contributed by atoms with Crippen LogP contribution in [0.3, 0.4) is 0 Å². The first kappa shape index (κ1) is 24.4. The Bertz CT molecular complexity index is 934.